The lowest BCUT2D eigenvalue weighted by atomic mass is 10.2. The van der Waals surface area contributed by atoms with Gasteiger partial charge in [-0.1, -0.05) is 23.5 Å². The molecule has 0 aliphatic carbocycles. The minimum absolute atomic E-state index is 0.0841. The molecule has 4 rings (SSSR count). The zero-order chi connectivity index (χ0) is 28.4. The van der Waals surface area contributed by atoms with Crippen LogP contribution >= 0.6 is 30.3 Å². The van der Waals surface area contributed by atoms with Crippen molar-refractivity contribution in [1.29, 1.82) is 0 Å². The fraction of sp³-hybridized carbons (Fsp3) is 0.208. The van der Waals surface area contributed by atoms with Gasteiger partial charge in [0.15, 0.2) is 14.8 Å². The van der Waals surface area contributed by atoms with Gasteiger partial charge in [0.1, 0.15) is 22.7 Å². The summed E-state index contributed by atoms with van der Waals surface area (Å²) in [4.78, 5) is 32.4. The van der Waals surface area contributed by atoms with Crippen molar-refractivity contribution < 1.29 is 37.0 Å². The summed E-state index contributed by atoms with van der Waals surface area (Å²) in [5, 5.41) is 11.3. The van der Waals surface area contributed by atoms with E-state index >= 15 is 0 Å². The molecule has 1 amide bonds. The number of hydrogen-bond acceptors (Lipinski definition) is 10. The average Bonchev–Trinajstić information content (AvgIpc) is 3.52. The highest BCUT2D eigenvalue weighted by molar-refractivity contribution is 7.90. The lowest BCUT2D eigenvalue weighted by Gasteiger charge is -2.14. The van der Waals surface area contributed by atoms with Gasteiger partial charge in [-0.05, 0) is 55.8 Å². The highest BCUT2D eigenvalue weighted by Gasteiger charge is 2.22. The third kappa shape index (κ3) is 7.72. The van der Waals surface area contributed by atoms with Crippen molar-refractivity contribution in [3.63, 3.8) is 0 Å². The molecule has 0 atom stereocenters. The number of anilines is 1. The van der Waals surface area contributed by atoms with E-state index in [2.05, 4.69) is 15.5 Å². The fourth-order valence-corrected chi connectivity index (χ4v) is 6.47. The van der Waals surface area contributed by atoms with Crippen molar-refractivity contribution in [2.45, 2.75) is 31.5 Å². The van der Waals surface area contributed by atoms with Crippen LogP contribution in [0.1, 0.15) is 29.8 Å². The molecule has 39 heavy (non-hydrogen) atoms. The van der Waals surface area contributed by atoms with Gasteiger partial charge in [0.2, 0.25) is 5.13 Å². The van der Waals surface area contributed by atoms with Gasteiger partial charge in [-0.25, -0.2) is 8.42 Å². The summed E-state index contributed by atoms with van der Waals surface area (Å²) in [6.07, 6.45) is 0.979. The van der Waals surface area contributed by atoms with Gasteiger partial charge in [0.05, 0.1) is 15.9 Å². The normalized spacial score (nSPS) is 11.9. The van der Waals surface area contributed by atoms with Crippen LogP contribution < -0.4 is 19.4 Å². The molecule has 15 heteroatoms. The average molecular weight is 610 g/mol. The van der Waals surface area contributed by atoms with Crippen molar-refractivity contribution in [2.24, 2.45) is 0 Å². The molecule has 2 aromatic heterocycles. The van der Waals surface area contributed by atoms with E-state index in [0.29, 0.717) is 21.4 Å². The van der Waals surface area contributed by atoms with E-state index < -0.39 is 23.3 Å². The molecule has 0 saturated carbocycles. The number of rotatable bonds is 10. The van der Waals surface area contributed by atoms with Gasteiger partial charge < -0.3 is 19.3 Å². The van der Waals surface area contributed by atoms with E-state index in [-0.39, 0.29) is 32.9 Å². The SMILES string of the molecule is CC(C)Oc1cc(OCc2ccc(S(C)(=O)=O)cc2)cc(C(=O)Nc2nnc(-c3ccc(P(=O)(O)O)s3)s2)c1. The Bertz CT molecular complexity index is 1640. The molecular formula is C24H24N3O8PS3. The molecule has 206 valence electrons. The summed E-state index contributed by atoms with van der Waals surface area (Å²) in [6, 6.07) is 14.0. The van der Waals surface area contributed by atoms with Crippen molar-refractivity contribution >= 4 is 55.8 Å². The second-order valence-corrected chi connectivity index (χ2v) is 14.6. The van der Waals surface area contributed by atoms with E-state index in [9.17, 15) is 27.6 Å². The number of benzene rings is 2. The first kappa shape index (κ1) is 28.9. The minimum atomic E-state index is -4.37. The number of nitrogens with zero attached hydrogens (tertiary/aromatic N) is 2. The van der Waals surface area contributed by atoms with Gasteiger partial charge in [-0.15, -0.1) is 21.5 Å². The summed E-state index contributed by atoms with van der Waals surface area (Å²) < 4.78 is 46.4. The highest BCUT2D eigenvalue weighted by atomic mass is 32.2. The van der Waals surface area contributed by atoms with Crippen LogP contribution in [0.15, 0.2) is 59.5 Å². The van der Waals surface area contributed by atoms with Crippen molar-refractivity contribution in [3.8, 4) is 21.4 Å². The number of carbonyl (C=O) groups is 1. The lowest BCUT2D eigenvalue weighted by Crippen LogP contribution is -2.13. The third-order valence-electron chi connectivity index (χ3n) is 5.01. The second kappa shape index (κ2) is 11.5. The number of nitrogens with one attached hydrogen (secondary N) is 1. The third-order valence-corrected chi connectivity index (χ3v) is 9.74. The van der Waals surface area contributed by atoms with Crippen LogP contribution in [-0.2, 0) is 21.0 Å². The zero-order valence-electron chi connectivity index (χ0n) is 20.9. The molecular weight excluding hydrogens is 585 g/mol. The Morgan fingerprint density at radius 2 is 1.72 bits per heavy atom. The van der Waals surface area contributed by atoms with Crippen molar-refractivity contribution in [1.82, 2.24) is 10.2 Å². The summed E-state index contributed by atoms with van der Waals surface area (Å²) in [5.41, 5.74) is 0.979. The van der Waals surface area contributed by atoms with Gasteiger partial charge in [-0.2, -0.15) is 0 Å². The molecule has 0 bridgehead atoms. The van der Waals surface area contributed by atoms with E-state index in [0.717, 1.165) is 34.5 Å². The Hall–Kier alpha value is -3.13. The van der Waals surface area contributed by atoms with Crippen molar-refractivity contribution in [2.75, 3.05) is 11.6 Å². The summed E-state index contributed by atoms with van der Waals surface area (Å²) in [5.74, 6) is 0.296. The minimum Gasteiger partial charge on any atom is -0.491 e. The number of ether oxygens (including phenoxy) is 2. The highest BCUT2D eigenvalue weighted by Crippen LogP contribution is 2.39. The lowest BCUT2D eigenvalue weighted by molar-refractivity contribution is 0.102. The number of aromatic nitrogens is 2. The van der Waals surface area contributed by atoms with Crippen LogP contribution in [0, 0.1) is 0 Å². The Morgan fingerprint density at radius 3 is 2.33 bits per heavy atom. The quantitative estimate of drug-likeness (QED) is 0.223. The van der Waals surface area contributed by atoms with Gasteiger partial charge in [-0.3, -0.25) is 14.7 Å². The molecule has 0 fully saturated rings. The van der Waals surface area contributed by atoms with Crippen LogP contribution in [-0.4, -0.2) is 46.7 Å². The van der Waals surface area contributed by atoms with E-state index in [1.165, 1.54) is 24.3 Å². The summed E-state index contributed by atoms with van der Waals surface area (Å²) in [7, 11) is -7.68. The monoisotopic (exact) mass is 609 g/mol. The van der Waals surface area contributed by atoms with Crippen LogP contribution in [0.3, 0.4) is 0 Å². The number of thiophene rings is 1. The second-order valence-electron chi connectivity index (χ2n) is 8.61. The largest absolute Gasteiger partial charge is 0.491 e. The molecule has 2 heterocycles. The Labute approximate surface area is 232 Å². The standard InChI is InChI=1S/C24H24N3O8PS3/c1-14(2)35-18-11-16(10-17(12-18)34-13-15-4-6-19(7-5-15)39(3,32)33)22(28)25-24-27-26-23(38-24)20-8-9-21(37-20)36(29,30)31/h4-12,14H,13H2,1-3H3,(H,25,27,28)(H2,29,30,31). The number of carbonyl (C=O) groups excluding carboxylic acids is 1. The molecule has 0 spiro atoms. The topological polar surface area (TPSA) is 165 Å². The molecule has 0 aliphatic rings. The molecule has 0 unspecified atom stereocenters. The molecule has 0 radical (unpaired) electrons. The molecule has 2 aromatic carbocycles. The predicted molar refractivity (Wildman–Crippen MR) is 149 cm³/mol. The number of sulfone groups is 1. The van der Waals surface area contributed by atoms with Crippen molar-refractivity contribution in [3.05, 3.63) is 65.7 Å². The Balaban J connectivity index is 1.50. The first-order valence-corrected chi connectivity index (χ1v) is 16.5. The van der Waals surface area contributed by atoms with Crippen LogP contribution in [0.2, 0.25) is 0 Å². The van der Waals surface area contributed by atoms with Gasteiger partial charge in [0.25, 0.3) is 5.91 Å². The van der Waals surface area contributed by atoms with E-state index in [1.807, 2.05) is 13.8 Å². The maximum absolute atomic E-state index is 13.1. The van der Waals surface area contributed by atoms with Gasteiger partial charge >= 0.3 is 7.60 Å². The smallest absolute Gasteiger partial charge is 0.366 e. The van der Waals surface area contributed by atoms with Gasteiger partial charge in [0, 0.05) is 17.9 Å². The summed E-state index contributed by atoms with van der Waals surface area (Å²) >= 11 is 1.97. The predicted octanol–water partition coefficient (Wildman–Crippen LogP) is 4.09. The first-order valence-electron chi connectivity index (χ1n) is 11.3. The van der Waals surface area contributed by atoms with E-state index in [1.54, 1.807) is 30.3 Å². The first-order chi connectivity index (χ1) is 18.3. The molecule has 3 N–H and O–H groups in total. The zero-order valence-corrected chi connectivity index (χ0v) is 24.2. The van der Waals surface area contributed by atoms with E-state index in [4.69, 9.17) is 9.47 Å². The number of hydrogen-bond donors (Lipinski definition) is 3. The van der Waals surface area contributed by atoms with Crippen LogP contribution in [0.25, 0.3) is 9.88 Å². The van der Waals surface area contributed by atoms with Crippen LogP contribution in [0.4, 0.5) is 5.13 Å². The Kier molecular flexibility index (Phi) is 8.54. The Morgan fingerprint density at radius 1 is 1.03 bits per heavy atom. The number of amides is 1. The summed E-state index contributed by atoms with van der Waals surface area (Å²) in [6.45, 7) is 3.83. The maximum atomic E-state index is 13.1. The molecule has 4 aromatic rings. The molecule has 0 saturated heterocycles. The van der Waals surface area contributed by atoms with Crippen LogP contribution in [0.5, 0.6) is 11.5 Å². The molecule has 0 aliphatic heterocycles. The maximum Gasteiger partial charge on any atom is 0.366 e. The fourth-order valence-electron chi connectivity index (χ4n) is 3.27. The molecule has 11 nitrogen and oxygen atoms in total.